The van der Waals surface area contributed by atoms with Crippen LogP contribution in [0.5, 0.6) is 0 Å². The van der Waals surface area contributed by atoms with Crippen LogP contribution >= 0.6 is 0 Å². The summed E-state index contributed by atoms with van der Waals surface area (Å²) in [6, 6.07) is 84.9. The average molecular weight is 766 g/mol. The number of anilines is 3. The Labute approximate surface area is 349 Å². The molecule has 10 aromatic carbocycles. The Balaban J connectivity index is 1.12. The Morgan fingerprint density at radius 1 is 0.283 bits per heavy atom. The first-order valence-electron chi connectivity index (χ1n) is 20.5. The lowest BCUT2D eigenvalue weighted by atomic mass is 9.87. The number of benzene rings is 10. The van der Waals surface area contributed by atoms with Crippen molar-refractivity contribution in [2.45, 2.75) is 0 Å². The molecule has 0 saturated heterocycles. The minimum absolute atomic E-state index is 0.849. The molecule has 0 radical (unpaired) electrons. The zero-order valence-electron chi connectivity index (χ0n) is 32.9. The van der Waals surface area contributed by atoms with E-state index in [-0.39, 0.29) is 0 Å². The predicted octanol–water partition coefficient (Wildman–Crippen LogP) is 16.5. The first-order chi connectivity index (χ1) is 29.8. The van der Waals surface area contributed by atoms with Gasteiger partial charge in [-0.3, -0.25) is 0 Å². The third kappa shape index (κ3) is 6.32. The minimum atomic E-state index is 0.849. The topological polar surface area (TPSA) is 16.4 Å². The van der Waals surface area contributed by atoms with Gasteiger partial charge < -0.3 is 9.32 Å². The molecule has 0 aliphatic carbocycles. The predicted molar refractivity (Wildman–Crippen MR) is 253 cm³/mol. The summed E-state index contributed by atoms with van der Waals surface area (Å²) in [4.78, 5) is 2.37. The summed E-state index contributed by atoms with van der Waals surface area (Å²) < 4.78 is 6.76. The molecule has 0 aliphatic heterocycles. The van der Waals surface area contributed by atoms with Crippen molar-refractivity contribution in [1.82, 2.24) is 0 Å². The van der Waals surface area contributed by atoms with Crippen molar-refractivity contribution in [1.29, 1.82) is 0 Å². The molecule has 0 bridgehead atoms. The first kappa shape index (κ1) is 35.2. The monoisotopic (exact) mass is 765 g/mol. The average Bonchev–Trinajstić information content (AvgIpc) is 3.72. The summed E-state index contributed by atoms with van der Waals surface area (Å²) in [5.74, 6) is 0. The maximum absolute atomic E-state index is 6.76. The van der Waals surface area contributed by atoms with Gasteiger partial charge in [-0.15, -0.1) is 0 Å². The summed E-state index contributed by atoms with van der Waals surface area (Å²) in [6.07, 6.45) is 0. The van der Waals surface area contributed by atoms with Gasteiger partial charge in [0.25, 0.3) is 0 Å². The van der Waals surface area contributed by atoms with E-state index in [9.17, 15) is 0 Å². The smallest absolute Gasteiger partial charge is 0.159 e. The number of rotatable bonds is 8. The molecule has 2 nitrogen and oxygen atoms in total. The molecule has 11 aromatic rings. The Kier molecular flexibility index (Phi) is 8.87. The highest BCUT2D eigenvalue weighted by Gasteiger charge is 2.24. The molecule has 2 heteroatoms. The maximum Gasteiger partial charge on any atom is 0.159 e. The van der Waals surface area contributed by atoms with Crippen LogP contribution in [0.25, 0.3) is 88.3 Å². The van der Waals surface area contributed by atoms with Gasteiger partial charge in [0.2, 0.25) is 0 Å². The van der Waals surface area contributed by atoms with Crippen LogP contribution in [0.3, 0.4) is 0 Å². The molecule has 0 atom stereocenters. The van der Waals surface area contributed by atoms with Crippen LogP contribution in [0.15, 0.2) is 241 Å². The molecule has 1 heterocycles. The normalized spacial score (nSPS) is 11.3. The fourth-order valence-corrected chi connectivity index (χ4v) is 8.78. The Morgan fingerprint density at radius 2 is 0.833 bits per heavy atom. The number of hydrogen-bond acceptors (Lipinski definition) is 2. The molecule has 0 fully saturated rings. The van der Waals surface area contributed by atoms with Crippen molar-refractivity contribution in [2.75, 3.05) is 4.90 Å². The fourth-order valence-electron chi connectivity index (χ4n) is 8.78. The number of fused-ring (bicyclic) bond motifs is 4. The van der Waals surface area contributed by atoms with E-state index < -0.39 is 0 Å². The molecule has 0 saturated carbocycles. The van der Waals surface area contributed by atoms with E-state index in [0.29, 0.717) is 0 Å². The highest BCUT2D eigenvalue weighted by molar-refractivity contribution is 6.11. The molecule has 0 unspecified atom stereocenters. The van der Waals surface area contributed by atoms with Crippen LogP contribution in [-0.2, 0) is 0 Å². The van der Waals surface area contributed by atoms with E-state index in [1.165, 1.54) is 44.2 Å². The zero-order chi connectivity index (χ0) is 39.8. The van der Waals surface area contributed by atoms with Crippen molar-refractivity contribution < 1.29 is 4.42 Å². The van der Waals surface area contributed by atoms with Gasteiger partial charge in [-0.25, -0.2) is 0 Å². The summed E-state index contributed by atoms with van der Waals surface area (Å²) in [6.45, 7) is 0. The highest BCUT2D eigenvalue weighted by atomic mass is 16.3. The molecular formula is C58H39NO. The standard InChI is InChI=1S/C58H39NO/c1-3-16-40(17-4-1)46-34-37-48(43-19-5-2-6-20-43)54(39-46)50-23-10-9-22-49(50)51-24-11-13-27-55(51)59(56-28-15-26-53-52-25-12-14-29-57(52)60-58(53)56)47-35-32-42(33-36-47)45-31-30-41-18-7-8-21-44(41)38-45/h1-39H. The lowest BCUT2D eigenvalue weighted by molar-refractivity contribution is 0.669. The number of para-hydroxylation sites is 3. The quantitative estimate of drug-likeness (QED) is 0.153. The van der Waals surface area contributed by atoms with E-state index >= 15 is 0 Å². The molecule has 0 N–H and O–H groups in total. The van der Waals surface area contributed by atoms with Crippen LogP contribution in [0.1, 0.15) is 0 Å². The van der Waals surface area contributed by atoms with Crippen LogP contribution in [-0.4, -0.2) is 0 Å². The van der Waals surface area contributed by atoms with E-state index in [4.69, 9.17) is 4.42 Å². The van der Waals surface area contributed by atoms with Crippen LogP contribution in [0.4, 0.5) is 17.1 Å². The number of nitrogens with zero attached hydrogens (tertiary/aromatic N) is 1. The Morgan fingerprint density at radius 3 is 1.63 bits per heavy atom. The Hall–Kier alpha value is -7.94. The summed E-state index contributed by atoms with van der Waals surface area (Å²) in [5, 5.41) is 4.66. The third-order valence-corrected chi connectivity index (χ3v) is 11.7. The fraction of sp³-hybridized carbons (Fsp3) is 0. The zero-order valence-corrected chi connectivity index (χ0v) is 32.9. The molecule has 1 aromatic heterocycles. The molecule has 0 aliphatic rings. The molecule has 60 heavy (non-hydrogen) atoms. The lowest BCUT2D eigenvalue weighted by Crippen LogP contribution is -2.11. The van der Waals surface area contributed by atoms with Gasteiger partial charge in [0, 0.05) is 22.0 Å². The first-order valence-corrected chi connectivity index (χ1v) is 20.5. The van der Waals surface area contributed by atoms with Crippen molar-refractivity contribution >= 4 is 49.8 Å². The maximum atomic E-state index is 6.76. The van der Waals surface area contributed by atoms with Crippen molar-refractivity contribution in [2.24, 2.45) is 0 Å². The van der Waals surface area contributed by atoms with Gasteiger partial charge >= 0.3 is 0 Å². The van der Waals surface area contributed by atoms with Gasteiger partial charge in [0.1, 0.15) is 5.58 Å². The lowest BCUT2D eigenvalue weighted by Gasteiger charge is -2.29. The summed E-state index contributed by atoms with van der Waals surface area (Å²) in [5.41, 5.74) is 16.5. The van der Waals surface area contributed by atoms with Crippen molar-refractivity contribution in [3.8, 4) is 55.6 Å². The highest BCUT2D eigenvalue weighted by Crippen LogP contribution is 2.48. The van der Waals surface area contributed by atoms with Crippen LogP contribution in [0.2, 0.25) is 0 Å². The molecule has 282 valence electrons. The molecule has 0 amide bonds. The van der Waals surface area contributed by atoms with Gasteiger partial charge in [0.05, 0.1) is 11.4 Å². The van der Waals surface area contributed by atoms with Gasteiger partial charge in [-0.1, -0.05) is 194 Å². The number of hydrogen-bond donors (Lipinski definition) is 0. The third-order valence-electron chi connectivity index (χ3n) is 11.7. The van der Waals surface area contributed by atoms with Gasteiger partial charge in [-0.2, -0.15) is 0 Å². The van der Waals surface area contributed by atoms with Gasteiger partial charge in [0.15, 0.2) is 5.58 Å². The molecule has 0 spiro atoms. The summed E-state index contributed by atoms with van der Waals surface area (Å²) >= 11 is 0. The van der Waals surface area contributed by atoms with Crippen LogP contribution < -0.4 is 4.90 Å². The molecular weight excluding hydrogens is 727 g/mol. The number of furan rings is 1. The van der Waals surface area contributed by atoms with Crippen LogP contribution in [0, 0.1) is 0 Å². The summed E-state index contributed by atoms with van der Waals surface area (Å²) in [7, 11) is 0. The second-order valence-corrected chi connectivity index (χ2v) is 15.3. The SMILES string of the molecule is c1ccc(-c2ccc(-c3ccccc3)c(-c3ccccc3-c3ccccc3N(c3ccc(-c4ccc5ccccc5c4)cc3)c3cccc4c3oc3ccccc34)c2)cc1. The minimum Gasteiger partial charge on any atom is -0.454 e. The van der Waals surface area contributed by atoms with E-state index in [1.807, 2.05) is 6.07 Å². The van der Waals surface area contributed by atoms with Gasteiger partial charge in [-0.05, 0) is 103 Å². The van der Waals surface area contributed by atoms with Crippen molar-refractivity contribution in [3.05, 3.63) is 237 Å². The second-order valence-electron chi connectivity index (χ2n) is 15.3. The van der Waals surface area contributed by atoms with Crippen molar-refractivity contribution in [3.63, 3.8) is 0 Å². The molecule has 11 rings (SSSR count). The van der Waals surface area contributed by atoms with E-state index in [0.717, 1.165) is 61.3 Å². The second kappa shape index (κ2) is 15.1. The Bertz CT molecular complexity index is 3310. The largest absolute Gasteiger partial charge is 0.454 e. The van der Waals surface area contributed by atoms with E-state index in [1.54, 1.807) is 0 Å². The van der Waals surface area contributed by atoms with E-state index in [2.05, 4.69) is 235 Å².